The maximum atomic E-state index is 10.3. The van der Waals surface area contributed by atoms with Crippen LogP contribution in [0.25, 0.3) is 0 Å². The standard InChI is InChI=1S/C6H7N3O2S/c7-12(10,11)9-8-6-4-2-1-3-5-6/h1-5H,(H2,7,10,11). The zero-order valence-electron chi connectivity index (χ0n) is 6.08. The van der Waals surface area contributed by atoms with Gasteiger partial charge in [0.15, 0.2) is 0 Å². The highest BCUT2D eigenvalue weighted by Crippen LogP contribution is 2.10. The van der Waals surface area contributed by atoms with Crippen molar-refractivity contribution in [3.05, 3.63) is 30.3 Å². The lowest BCUT2D eigenvalue weighted by Crippen LogP contribution is -2.06. The van der Waals surface area contributed by atoms with Gasteiger partial charge >= 0.3 is 10.2 Å². The first-order valence-corrected chi connectivity index (χ1v) is 4.59. The minimum atomic E-state index is -3.86. The Bertz CT molecular complexity index is 371. The van der Waals surface area contributed by atoms with Crippen molar-refractivity contribution < 1.29 is 8.42 Å². The van der Waals surface area contributed by atoms with E-state index in [-0.39, 0.29) is 0 Å². The molecule has 0 aliphatic rings. The van der Waals surface area contributed by atoms with Crippen molar-refractivity contribution >= 4 is 15.9 Å². The van der Waals surface area contributed by atoms with Gasteiger partial charge < -0.3 is 0 Å². The van der Waals surface area contributed by atoms with E-state index < -0.39 is 10.2 Å². The van der Waals surface area contributed by atoms with Gasteiger partial charge in [0.1, 0.15) is 0 Å². The van der Waals surface area contributed by atoms with Crippen LogP contribution in [-0.4, -0.2) is 8.42 Å². The first-order chi connectivity index (χ1) is 5.58. The molecule has 5 nitrogen and oxygen atoms in total. The summed E-state index contributed by atoms with van der Waals surface area (Å²) < 4.78 is 23.5. The lowest BCUT2D eigenvalue weighted by Gasteiger charge is -1.87. The zero-order chi connectivity index (χ0) is 9.03. The second kappa shape index (κ2) is 3.42. The van der Waals surface area contributed by atoms with Crippen LogP contribution in [0.5, 0.6) is 0 Å². The van der Waals surface area contributed by atoms with E-state index in [1.54, 1.807) is 30.3 Å². The van der Waals surface area contributed by atoms with E-state index in [0.717, 1.165) is 0 Å². The van der Waals surface area contributed by atoms with Crippen LogP contribution >= 0.6 is 0 Å². The second-order valence-electron chi connectivity index (χ2n) is 2.03. The van der Waals surface area contributed by atoms with Crippen molar-refractivity contribution in [3.63, 3.8) is 0 Å². The van der Waals surface area contributed by atoms with E-state index in [9.17, 15) is 8.42 Å². The van der Waals surface area contributed by atoms with Crippen molar-refractivity contribution in [2.24, 2.45) is 14.8 Å². The van der Waals surface area contributed by atoms with Gasteiger partial charge in [-0.25, -0.2) is 5.14 Å². The predicted molar refractivity (Wildman–Crippen MR) is 44.1 cm³/mol. The molecule has 2 N–H and O–H groups in total. The van der Waals surface area contributed by atoms with Gasteiger partial charge in [0.25, 0.3) is 0 Å². The number of hydrogen-bond acceptors (Lipinski definition) is 3. The smallest absolute Gasteiger partial charge is 0.208 e. The topological polar surface area (TPSA) is 84.9 Å². The van der Waals surface area contributed by atoms with Gasteiger partial charge in [-0.2, -0.15) is 8.42 Å². The summed E-state index contributed by atoms with van der Waals surface area (Å²) in [5, 5.41) is 7.98. The molecule has 0 unspecified atom stereocenters. The summed E-state index contributed by atoms with van der Waals surface area (Å²) >= 11 is 0. The third kappa shape index (κ3) is 3.22. The summed E-state index contributed by atoms with van der Waals surface area (Å²) in [6, 6.07) is 8.47. The third-order valence-corrected chi connectivity index (χ3v) is 1.34. The normalized spacial score (nSPS) is 12.1. The molecule has 0 atom stereocenters. The molecule has 1 aromatic carbocycles. The zero-order valence-corrected chi connectivity index (χ0v) is 6.90. The second-order valence-corrected chi connectivity index (χ2v) is 3.23. The predicted octanol–water partition coefficient (Wildman–Crippen LogP) is 0.974. The molecule has 0 saturated heterocycles. The van der Waals surface area contributed by atoms with Gasteiger partial charge in [-0.3, -0.25) is 0 Å². The van der Waals surface area contributed by atoms with Crippen LogP contribution in [0, 0.1) is 0 Å². The Morgan fingerprint density at radius 3 is 2.25 bits per heavy atom. The first kappa shape index (κ1) is 8.82. The fraction of sp³-hybridized carbons (Fsp3) is 0. The van der Waals surface area contributed by atoms with E-state index in [1.807, 2.05) is 0 Å². The fourth-order valence-electron chi connectivity index (χ4n) is 0.599. The Labute approximate surface area is 70.1 Å². The van der Waals surface area contributed by atoms with Crippen LogP contribution in [0.4, 0.5) is 5.69 Å². The minimum absolute atomic E-state index is 0.450. The summed E-state index contributed by atoms with van der Waals surface area (Å²) in [4.78, 5) is 0. The highest BCUT2D eigenvalue weighted by Gasteiger charge is 1.95. The van der Waals surface area contributed by atoms with Crippen LogP contribution in [0.3, 0.4) is 0 Å². The maximum Gasteiger partial charge on any atom is 0.334 e. The van der Waals surface area contributed by atoms with Crippen molar-refractivity contribution in [1.82, 2.24) is 0 Å². The molecular weight excluding hydrogens is 178 g/mol. The summed E-state index contributed by atoms with van der Waals surface area (Å²) in [6.45, 7) is 0. The average Bonchev–Trinajstić information content (AvgIpc) is 2.02. The Morgan fingerprint density at radius 1 is 1.17 bits per heavy atom. The van der Waals surface area contributed by atoms with Crippen LogP contribution < -0.4 is 5.14 Å². The monoisotopic (exact) mass is 185 g/mol. The molecule has 0 aliphatic carbocycles. The van der Waals surface area contributed by atoms with Gasteiger partial charge in [-0.05, 0) is 16.7 Å². The van der Waals surface area contributed by atoms with Crippen molar-refractivity contribution in [1.29, 1.82) is 0 Å². The molecule has 0 amide bonds. The molecule has 0 aromatic heterocycles. The Morgan fingerprint density at radius 2 is 1.75 bits per heavy atom. The van der Waals surface area contributed by atoms with Crippen LogP contribution in [0.2, 0.25) is 0 Å². The molecule has 64 valence electrons. The number of benzene rings is 1. The third-order valence-electron chi connectivity index (χ3n) is 1.03. The largest absolute Gasteiger partial charge is 0.334 e. The number of rotatable bonds is 2. The molecular formula is C6H7N3O2S. The molecule has 0 aliphatic heterocycles. The highest BCUT2D eigenvalue weighted by molar-refractivity contribution is 7.87. The molecule has 1 aromatic rings. The van der Waals surface area contributed by atoms with Gasteiger partial charge in [-0.1, -0.05) is 18.2 Å². The van der Waals surface area contributed by atoms with E-state index in [1.165, 1.54) is 0 Å². The van der Waals surface area contributed by atoms with Crippen molar-refractivity contribution in [2.45, 2.75) is 0 Å². The number of nitrogens with two attached hydrogens (primary N) is 1. The molecule has 1 rings (SSSR count). The highest BCUT2D eigenvalue weighted by atomic mass is 32.2. The van der Waals surface area contributed by atoms with Crippen LogP contribution in [0.15, 0.2) is 40.0 Å². The van der Waals surface area contributed by atoms with Gasteiger partial charge in [0.05, 0.1) is 5.69 Å². The molecule has 0 saturated carbocycles. The van der Waals surface area contributed by atoms with E-state index in [0.29, 0.717) is 5.69 Å². The minimum Gasteiger partial charge on any atom is -0.208 e. The average molecular weight is 185 g/mol. The summed E-state index contributed by atoms with van der Waals surface area (Å²) in [7, 11) is -3.86. The molecule has 0 spiro atoms. The Kier molecular flexibility index (Phi) is 2.51. The lowest BCUT2D eigenvalue weighted by molar-refractivity contribution is 0.597. The van der Waals surface area contributed by atoms with Crippen LogP contribution in [0.1, 0.15) is 0 Å². The number of hydrogen-bond donors (Lipinski definition) is 1. The Hall–Kier alpha value is -1.27. The van der Waals surface area contributed by atoms with Gasteiger partial charge in [-0.15, -0.1) is 5.11 Å². The molecule has 0 radical (unpaired) electrons. The SMILES string of the molecule is NS(=O)(=O)N=Nc1ccccc1. The molecule has 12 heavy (non-hydrogen) atoms. The van der Waals surface area contributed by atoms with E-state index >= 15 is 0 Å². The van der Waals surface area contributed by atoms with E-state index in [4.69, 9.17) is 0 Å². The first-order valence-electron chi connectivity index (χ1n) is 3.09. The quantitative estimate of drug-likeness (QED) is 0.696. The van der Waals surface area contributed by atoms with Crippen LogP contribution in [-0.2, 0) is 10.2 Å². The van der Waals surface area contributed by atoms with E-state index in [2.05, 4.69) is 14.8 Å². The molecule has 6 heteroatoms. The number of nitrogens with zero attached hydrogens (tertiary/aromatic N) is 2. The lowest BCUT2D eigenvalue weighted by atomic mass is 10.3. The maximum absolute atomic E-state index is 10.3. The molecule has 0 fully saturated rings. The van der Waals surface area contributed by atoms with Crippen molar-refractivity contribution in [2.75, 3.05) is 0 Å². The molecule has 0 heterocycles. The van der Waals surface area contributed by atoms with Gasteiger partial charge in [0, 0.05) is 0 Å². The fourth-order valence-corrected chi connectivity index (χ4v) is 0.807. The molecule has 0 bridgehead atoms. The summed E-state index contributed by atoms with van der Waals surface area (Å²) in [5.41, 5.74) is 0.450. The van der Waals surface area contributed by atoms with Crippen molar-refractivity contribution in [3.8, 4) is 0 Å². The van der Waals surface area contributed by atoms with Gasteiger partial charge in [0.2, 0.25) is 0 Å². The Balaban J connectivity index is 2.85. The summed E-state index contributed by atoms with van der Waals surface area (Å²) in [5.74, 6) is 0. The summed E-state index contributed by atoms with van der Waals surface area (Å²) in [6.07, 6.45) is 0.